The number of hydrogen-bond acceptors (Lipinski definition) is 5. The van der Waals surface area contributed by atoms with Gasteiger partial charge >= 0.3 is 6.43 Å². The summed E-state index contributed by atoms with van der Waals surface area (Å²) in [5.74, 6) is -0.740. The number of carbonyl (C=O) groups excluding carboxylic acids is 1. The molecule has 2 heterocycles. The molecular weight excluding hydrogens is 380 g/mol. The Balaban J connectivity index is 1.41. The van der Waals surface area contributed by atoms with Crippen molar-refractivity contribution >= 4 is 5.91 Å². The molecule has 0 unspecified atom stereocenters. The van der Waals surface area contributed by atoms with E-state index < -0.39 is 12.3 Å². The molecule has 1 aliphatic carbocycles. The van der Waals surface area contributed by atoms with Crippen molar-refractivity contribution in [1.29, 1.82) is 0 Å². The van der Waals surface area contributed by atoms with Crippen molar-refractivity contribution in [2.45, 2.75) is 70.6 Å². The van der Waals surface area contributed by atoms with Gasteiger partial charge in [0.15, 0.2) is 0 Å². The highest BCUT2D eigenvalue weighted by Gasteiger charge is 2.35. The number of aromatic nitrogens is 2. The molecule has 1 saturated carbocycles. The maximum Gasteiger partial charge on any atom is 0.314 e. The molecule has 0 bridgehead atoms. The average molecular weight is 405 g/mol. The molecule has 1 aromatic heterocycles. The van der Waals surface area contributed by atoms with Gasteiger partial charge in [0.1, 0.15) is 0 Å². The molecule has 1 fully saturated rings. The van der Waals surface area contributed by atoms with Crippen molar-refractivity contribution in [2.75, 3.05) is 6.61 Å². The van der Waals surface area contributed by atoms with Crippen LogP contribution in [-0.2, 0) is 11.3 Å². The number of rotatable bonds is 7. The molecule has 0 atom stereocenters. The lowest BCUT2D eigenvalue weighted by atomic mass is 9.92. The third-order valence-corrected chi connectivity index (χ3v) is 5.75. The topological polar surface area (TPSA) is 68.5 Å². The Morgan fingerprint density at radius 3 is 2.72 bits per heavy atom. The number of unbranched alkanes of at least 4 members (excludes halogenated alkanes) is 1. The van der Waals surface area contributed by atoms with Crippen molar-refractivity contribution in [1.82, 2.24) is 15.1 Å². The number of fused-ring (bicyclic) bond motifs is 1. The van der Waals surface area contributed by atoms with Crippen LogP contribution in [0.2, 0.25) is 0 Å². The highest BCUT2D eigenvalue weighted by atomic mass is 19.3. The largest absolute Gasteiger partial charge is 0.415 e. The number of amides is 1. The molecule has 0 radical (unpaired) electrons. The first-order chi connectivity index (χ1) is 14.1. The number of benzene rings is 1. The van der Waals surface area contributed by atoms with E-state index in [2.05, 4.69) is 17.1 Å². The summed E-state index contributed by atoms with van der Waals surface area (Å²) >= 11 is 0. The maximum atomic E-state index is 13.0. The minimum Gasteiger partial charge on any atom is -0.415 e. The molecule has 1 aliphatic heterocycles. The number of halogens is 2. The monoisotopic (exact) mass is 405 g/mol. The lowest BCUT2D eigenvalue weighted by molar-refractivity contribution is 0.00691. The Morgan fingerprint density at radius 2 is 2.03 bits per heavy atom. The third-order valence-electron chi connectivity index (χ3n) is 5.75. The molecule has 2 aromatic rings. The Kier molecular flexibility index (Phi) is 5.89. The standard InChI is InChI=1S/C21H25F2N3O3/c1-2-3-10-28-16-8-6-15(7-9-16)26-12-14-5-4-13(11-17(14)21(26)27)19-24-25-20(29-19)18(22)23/h4-5,11,15-16,18H,2-3,6-10,12H2,1H3/t15-,16-. The zero-order valence-electron chi connectivity index (χ0n) is 16.4. The van der Waals surface area contributed by atoms with E-state index in [0.29, 0.717) is 23.8 Å². The Morgan fingerprint density at radius 1 is 1.24 bits per heavy atom. The van der Waals surface area contributed by atoms with Gasteiger partial charge in [0.25, 0.3) is 11.8 Å². The van der Waals surface area contributed by atoms with Crippen LogP contribution >= 0.6 is 0 Å². The summed E-state index contributed by atoms with van der Waals surface area (Å²) in [6.45, 7) is 3.54. The van der Waals surface area contributed by atoms with Gasteiger partial charge in [-0.2, -0.15) is 8.78 Å². The van der Waals surface area contributed by atoms with Crippen LogP contribution < -0.4 is 0 Å². The predicted octanol–water partition coefficient (Wildman–Crippen LogP) is 4.76. The minimum atomic E-state index is -2.82. The zero-order chi connectivity index (χ0) is 20.4. The van der Waals surface area contributed by atoms with E-state index in [-0.39, 0.29) is 17.8 Å². The van der Waals surface area contributed by atoms with Gasteiger partial charge in [-0.3, -0.25) is 4.79 Å². The second kappa shape index (κ2) is 8.57. The van der Waals surface area contributed by atoms with Crippen molar-refractivity contribution in [2.24, 2.45) is 0 Å². The third kappa shape index (κ3) is 4.17. The fourth-order valence-corrected chi connectivity index (χ4v) is 4.11. The SMILES string of the molecule is CCCCO[C@H]1CC[C@H](N2Cc3ccc(-c4nnc(C(F)F)o4)cc3C2=O)CC1. The maximum absolute atomic E-state index is 13.0. The van der Waals surface area contributed by atoms with Crippen LogP contribution in [0.25, 0.3) is 11.5 Å². The first-order valence-electron chi connectivity index (χ1n) is 10.2. The lowest BCUT2D eigenvalue weighted by Crippen LogP contribution is -2.39. The Hall–Kier alpha value is -2.35. The molecule has 8 heteroatoms. The van der Waals surface area contributed by atoms with Crippen LogP contribution in [0.1, 0.15) is 73.7 Å². The van der Waals surface area contributed by atoms with Crippen molar-refractivity contribution < 1.29 is 22.7 Å². The summed E-state index contributed by atoms with van der Waals surface area (Å²) in [5.41, 5.74) is 2.00. The molecule has 0 saturated heterocycles. The van der Waals surface area contributed by atoms with Gasteiger partial charge in [-0.05, 0) is 49.8 Å². The minimum absolute atomic E-state index is 0.000846. The first kappa shape index (κ1) is 19.9. The smallest absolute Gasteiger partial charge is 0.314 e. The number of carbonyl (C=O) groups is 1. The van der Waals surface area contributed by atoms with Gasteiger partial charge < -0.3 is 14.1 Å². The van der Waals surface area contributed by atoms with Gasteiger partial charge in [-0.1, -0.05) is 19.4 Å². The summed E-state index contributed by atoms with van der Waals surface area (Å²) in [6, 6.07) is 5.45. The van der Waals surface area contributed by atoms with E-state index >= 15 is 0 Å². The van der Waals surface area contributed by atoms with Crippen LogP contribution in [0.15, 0.2) is 22.6 Å². The molecule has 1 amide bonds. The van der Waals surface area contributed by atoms with Gasteiger partial charge in [0.05, 0.1) is 6.10 Å². The lowest BCUT2D eigenvalue weighted by Gasteiger charge is -2.34. The number of ether oxygens (including phenoxy) is 1. The summed E-state index contributed by atoms with van der Waals surface area (Å²) in [4.78, 5) is 14.9. The van der Waals surface area contributed by atoms with Crippen molar-refractivity contribution in [3.63, 3.8) is 0 Å². The predicted molar refractivity (Wildman–Crippen MR) is 101 cm³/mol. The summed E-state index contributed by atoms with van der Waals surface area (Å²) in [6.07, 6.45) is 3.51. The number of alkyl halides is 2. The van der Waals surface area contributed by atoms with Crippen LogP contribution in [0, 0.1) is 0 Å². The molecule has 0 spiro atoms. The van der Waals surface area contributed by atoms with Crippen LogP contribution in [0.5, 0.6) is 0 Å². The van der Waals surface area contributed by atoms with Gasteiger partial charge in [0.2, 0.25) is 5.89 Å². The molecule has 0 N–H and O–H groups in total. The molecular formula is C21H25F2N3O3. The first-order valence-corrected chi connectivity index (χ1v) is 10.2. The fourth-order valence-electron chi connectivity index (χ4n) is 4.11. The Labute approximate surface area is 168 Å². The second-order valence-corrected chi connectivity index (χ2v) is 7.71. The van der Waals surface area contributed by atoms with Crippen LogP contribution in [0.3, 0.4) is 0 Å². The summed E-state index contributed by atoms with van der Waals surface area (Å²) < 4.78 is 36.3. The molecule has 6 nitrogen and oxygen atoms in total. The highest BCUT2D eigenvalue weighted by Crippen LogP contribution is 2.34. The van der Waals surface area contributed by atoms with Gasteiger partial charge in [-0.25, -0.2) is 0 Å². The van der Waals surface area contributed by atoms with Crippen molar-refractivity contribution in [3.8, 4) is 11.5 Å². The van der Waals surface area contributed by atoms with E-state index in [9.17, 15) is 13.6 Å². The molecule has 1 aromatic carbocycles. The van der Waals surface area contributed by atoms with E-state index in [1.165, 1.54) is 0 Å². The molecule has 4 rings (SSSR count). The van der Waals surface area contributed by atoms with Gasteiger partial charge in [-0.15, -0.1) is 10.2 Å². The van der Waals surface area contributed by atoms with Gasteiger partial charge in [0, 0.05) is 30.3 Å². The van der Waals surface area contributed by atoms with E-state index in [4.69, 9.17) is 9.15 Å². The molecule has 156 valence electrons. The quantitative estimate of drug-likeness (QED) is 0.622. The molecule has 29 heavy (non-hydrogen) atoms. The average Bonchev–Trinajstić information content (AvgIpc) is 3.34. The van der Waals surface area contributed by atoms with E-state index in [1.807, 2.05) is 11.0 Å². The highest BCUT2D eigenvalue weighted by molar-refractivity contribution is 5.99. The normalized spacial score (nSPS) is 21.8. The van der Waals surface area contributed by atoms with Crippen LogP contribution in [0.4, 0.5) is 8.78 Å². The zero-order valence-corrected chi connectivity index (χ0v) is 16.4. The van der Waals surface area contributed by atoms with Crippen LogP contribution in [-0.4, -0.2) is 39.8 Å². The van der Waals surface area contributed by atoms with E-state index in [1.54, 1.807) is 12.1 Å². The second-order valence-electron chi connectivity index (χ2n) is 7.71. The number of nitrogens with zero attached hydrogens (tertiary/aromatic N) is 3. The number of hydrogen-bond donors (Lipinski definition) is 0. The Bertz CT molecular complexity index is 863. The summed E-state index contributed by atoms with van der Waals surface area (Å²) in [5, 5.41) is 7.02. The fraction of sp³-hybridized carbons (Fsp3) is 0.571. The molecule has 2 aliphatic rings. The van der Waals surface area contributed by atoms with Crippen molar-refractivity contribution in [3.05, 3.63) is 35.2 Å². The van der Waals surface area contributed by atoms with E-state index in [0.717, 1.165) is 50.7 Å². The summed E-state index contributed by atoms with van der Waals surface area (Å²) in [7, 11) is 0.